The topological polar surface area (TPSA) is 64.6 Å². The SMILES string of the molecule is [2H]C([2H])(OC)[C@H](Cc1ccc(OC)c(OC)c1)[C@@H](Cc1cc(OC)c2c(c1)OCO2)C([2H])([2H])OC. The van der Waals surface area contributed by atoms with Crippen LogP contribution in [0.4, 0.5) is 0 Å². The molecule has 0 N–H and O–H groups in total. The van der Waals surface area contributed by atoms with Crippen molar-refractivity contribution in [2.24, 2.45) is 11.8 Å². The third-order valence-corrected chi connectivity index (χ3v) is 5.10. The summed E-state index contributed by atoms with van der Waals surface area (Å²) >= 11 is 0. The van der Waals surface area contributed by atoms with Crippen LogP contribution in [0.2, 0.25) is 0 Å². The molecule has 1 heterocycles. The van der Waals surface area contributed by atoms with Crippen molar-refractivity contribution in [2.75, 3.05) is 55.5 Å². The van der Waals surface area contributed by atoms with Crippen LogP contribution in [0.1, 0.15) is 16.6 Å². The van der Waals surface area contributed by atoms with Crippen LogP contribution in [0.15, 0.2) is 30.3 Å². The molecule has 0 spiro atoms. The van der Waals surface area contributed by atoms with Gasteiger partial charge < -0.3 is 33.2 Å². The van der Waals surface area contributed by atoms with Crippen molar-refractivity contribution in [1.29, 1.82) is 0 Å². The summed E-state index contributed by atoms with van der Waals surface area (Å²) in [5.74, 6) is 0.557. The van der Waals surface area contributed by atoms with Crippen molar-refractivity contribution in [3.05, 3.63) is 41.5 Å². The fourth-order valence-electron chi connectivity index (χ4n) is 3.65. The Morgan fingerprint density at radius 3 is 2.00 bits per heavy atom. The van der Waals surface area contributed by atoms with Gasteiger partial charge in [0, 0.05) is 27.3 Å². The van der Waals surface area contributed by atoms with E-state index in [1.54, 1.807) is 30.3 Å². The predicted molar refractivity (Wildman–Crippen MR) is 117 cm³/mol. The zero-order valence-corrected chi connectivity index (χ0v) is 18.5. The lowest BCUT2D eigenvalue weighted by Crippen LogP contribution is -2.27. The highest BCUT2D eigenvalue weighted by molar-refractivity contribution is 5.55. The minimum atomic E-state index is -2.18. The van der Waals surface area contributed by atoms with E-state index >= 15 is 0 Å². The second-order valence-electron chi connectivity index (χ2n) is 6.99. The summed E-state index contributed by atoms with van der Waals surface area (Å²) in [6, 6.07) is 8.77. The molecule has 0 saturated heterocycles. The van der Waals surface area contributed by atoms with Crippen LogP contribution in [0, 0.1) is 11.8 Å². The van der Waals surface area contributed by atoms with Crippen molar-refractivity contribution in [3.63, 3.8) is 0 Å². The van der Waals surface area contributed by atoms with E-state index in [9.17, 15) is 0 Å². The predicted octanol–water partition coefficient (Wildman–Crippen LogP) is 3.75. The molecular weight excluding hydrogens is 400 g/mol. The first-order valence-electron chi connectivity index (χ1n) is 11.9. The standard InChI is InChI=1S/C24H32O7/c1-25-13-18(8-16-6-7-20(27-3)21(10-16)28-4)19(14-26-2)9-17-11-22(29-5)24-23(12-17)30-15-31-24/h6-7,10-12,18-19H,8-9,13-15H2,1-5H3/t18-,19-/m0/s1/i13D2,14D2. The molecule has 3 rings (SSSR count). The van der Waals surface area contributed by atoms with E-state index in [-0.39, 0.29) is 19.6 Å². The highest BCUT2D eigenvalue weighted by atomic mass is 16.7. The van der Waals surface area contributed by atoms with E-state index in [0.29, 0.717) is 34.3 Å². The molecule has 7 nitrogen and oxygen atoms in total. The molecule has 170 valence electrons. The maximum Gasteiger partial charge on any atom is 0.231 e. The molecule has 2 aromatic rings. The van der Waals surface area contributed by atoms with Crippen LogP contribution in [-0.2, 0) is 22.3 Å². The van der Waals surface area contributed by atoms with Crippen molar-refractivity contribution in [1.82, 2.24) is 0 Å². The molecule has 0 aromatic heterocycles. The van der Waals surface area contributed by atoms with E-state index < -0.39 is 25.0 Å². The van der Waals surface area contributed by atoms with Gasteiger partial charge >= 0.3 is 0 Å². The Bertz CT molecular complexity index is 1020. The highest BCUT2D eigenvalue weighted by Crippen LogP contribution is 2.42. The van der Waals surface area contributed by atoms with Gasteiger partial charge in [-0.15, -0.1) is 0 Å². The fraction of sp³-hybridized carbons (Fsp3) is 0.500. The van der Waals surface area contributed by atoms with Crippen LogP contribution in [0.25, 0.3) is 0 Å². The average Bonchev–Trinajstić information content (AvgIpc) is 3.34. The van der Waals surface area contributed by atoms with Gasteiger partial charge in [-0.05, 0) is 60.1 Å². The lowest BCUT2D eigenvalue weighted by atomic mass is 9.83. The quantitative estimate of drug-likeness (QED) is 0.502. The summed E-state index contributed by atoms with van der Waals surface area (Å²) in [4.78, 5) is 0. The smallest absolute Gasteiger partial charge is 0.231 e. The number of fused-ring (bicyclic) bond motifs is 1. The highest BCUT2D eigenvalue weighted by Gasteiger charge is 2.26. The Morgan fingerprint density at radius 2 is 1.39 bits per heavy atom. The van der Waals surface area contributed by atoms with E-state index in [2.05, 4.69) is 0 Å². The third-order valence-electron chi connectivity index (χ3n) is 5.10. The first-order valence-corrected chi connectivity index (χ1v) is 9.87. The van der Waals surface area contributed by atoms with Crippen molar-refractivity contribution in [2.45, 2.75) is 12.8 Å². The summed E-state index contributed by atoms with van der Waals surface area (Å²) < 4.78 is 72.0. The van der Waals surface area contributed by atoms with Gasteiger partial charge in [-0.3, -0.25) is 0 Å². The number of benzene rings is 2. The van der Waals surface area contributed by atoms with Crippen LogP contribution in [0.3, 0.4) is 0 Å². The van der Waals surface area contributed by atoms with E-state index in [1.165, 1.54) is 35.5 Å². The molecule has 0 amide bonds. The lowest BCUT2D eigenvalue weighted by molar-refractivity contribution is 0.0697. The van der Waals surface area contributed by atoms with Crippen LogP contribution < -0.4 is 23.7 Å². The molecule has 0 bridgehead atoms. The number of methoxy groups -OCH3 is 5. The van der Waals surface area contributed by atoms with Crippen LogP contribution in [-0.4, -0.2) is 55.5 Å². The second-order valence-corrected chi connectivity index (χ2v) is 6.99. The molecule has 0 saturated carbocycles. The molecular formula is C24H32O7. The molecule has 31 heavy (non-hydrogen) atoms. The van der Waals surface area contributed by atoms with Gasteiger partial charge in [0.15, 0.2) is 23.0 Å². The Hall–Kier alpha value is -2.64. The van der Waals surface area contributed by atoms with Crippen molar-refractivity contribution in [3.8, 4) is 28.7 Å². The number of hydrogen-bond donors (Lipinski definition) is 0. The molecule has 0 fully saturated rings. The Morgan fingerprint density at radius 1 is 0.774 bits per heavy atom. The largest absolute Gasteiger partial charge is 0.493 e. The van der Waals surface area contributed by atoms with Gasteiger partial charge in [-0.2, -0.15) is 0 Å². The number of ether oxygens (including phenoxy) is 7. The maximum atomic E-state index is 8.62. The molecule has 1 aliphatic rings. The van der Waals surface area contributed by atoms with Crippen molar-refractivity contribution < 1.29 is 38.6 Å². The molecule has 7 heteroatoms. The first kappa shape index (κ1) is 18.0. The minimum Gasteiger partial charge on any atom is -0.493 e. The maximum absolute atomic E-state index is 8.62. The molecule has 2 aromatic carbocycles. The summed E-state index contributed by atoms with van der Waals surface area (Å²) in [5, 5.41) is 0. The summed E-state index contributed by atoms with van der Waals surface area (Å²) in [5.41, 5.74) is 1.41. The molecule has 0 radical (unpaired) electrons. The van der Waals surface area contributed by atoms with Crippen LogP contribution >= 0.6 is 0 Å². The normalized spacial score (nSPS) is 17.1. The number of hydrogen-bond acceptors (Lipinski definition) is 7. The monoisotopic (exact) mass is 436 g/mol. The zero-order chi connectivity index (χ0) is 25.8. The van der Waals surface area contributed by atoms with Gasteiger partial charge in [0.25, 0.3) is 0 Å². The minimum absolute atomic E-state index is 0.0611. The fourth-order valence-corrected chi connectivity index (χ4v) is 3.65. The Balaban J connectivity index is 2.04. The van der Waals surface area contributed by atoms with E-state index in [0.717, 1.165) is 5.56 Å². The molecule has 0 aliphatic carbocycles. The molecule has 2 atom stereocenters. The summed E-state index contributed by atoms with van der Waals surface area (Å²) in [7, 11) is 7.10. The zero-order valence-electron chi connectivity index (χ0n) is 22.5. The van der Waals surface area contributed by atoms with Gasteiger partial charge in [-0.1, -0.05) is 6.07 Å². The molecule has 0 unspecified atom stereocenters. The Kier molecular flexibility index (Phi) is 6.45. The van der Waals surface area contributed by atoms with E-state index in [4.69, 9.17) is 38.6 Å². The van der Waals surface area contributed by atoms with Gasteiger partial charge in [-0.25, -0.2) is 0 Å². The average molecular weight is 437 g/mol. The van der Waals surface area contributed by atoms with Gasteiger partial charge in [0.05, 0.1) is 26.8 Å². The third kappa shape index (κ3) is 5.54. The van der Waals surface area contributed by atoms with Gasteiger partial charge in [0.2, 0.25) is 12.5 Å². The lowest BCUT2D eigenvalue weighted by Gasteiger charge is -2.27. The second kappa shape index (κ2) is 11.1. The van der Waals surface area contributed by atoms with Gasteiger partial charge in [0.1, 0.15) is 0 Å². The summed E-state index contributed by atoms with van der Waals surface area (Å²) in [6.07, 6.45) is 0.269. The Labute approximate surface area is 189 Å². The summed E-state index contributed by atoms with van der Waals surface area (Å²) in [6.45, 7) is -4.30. The van der Waals surface area contributed by atoms with Crippen molar-refractivity contribution >= 4 is 0 Å². The van der Waals surface area contributed by atoms with Crippen LogP contribution in [0.5, 0.6) is 28.7 Å². The molecule has 1 aliphatic heterocycles. The van der Waals surface area contributed by atoms with E-state index in [1.807, 2.05) is 0 Å². The first-order chi connectivity index (χ1) is 16.6. The number of rotatable bonds is 12.